The van der Waals surface area contributed by atoms with Gasteiger partial charge in [0.1, 0.15) is 0 Å². The molecule has 2 aromatic heterocycles. The van der Waals surface area contributed by atoms with Crippen molar-refractivity contribution in [3.05, 3.63) is 23.9 Å². The Kier molecular flexibility index (Phi) is 5.05. The van der Waals surface area contributed by atoms with Crippen LogP contribution in [-0.2, 0) is 11.0 Å². The summed E-state index contributed by atoms with van der Waals surface area (Å²) in [6.45, 7) is 3.80. The van der Waals surface area contributed by atoms with Gasteiger partial charge in [0, 0.05) is 12.2 Å². The molecule has 2 heterocycles. The SMILES string of the molecule is C[C@H](Sc1nnc2ccc(C(F)(F)F)cn12)C(=O)N[C@@H](C)[C@H]1C[C@H]2CC[C@H]1C2. The molecule has 2 aliphatic carbocycles. The average molecular weight is 412 g/mol. The Morgan fingerprint density at radius 3 is 2.68 bits per heavy atom. The molecule has 4 rings (SSSR count). The molecule has 0 saturated heterocycles. The van der Waals surface area contributed by atoms with Crippen LogP contribution >= 0.6 is 11.8 Å². The number of carbonyl (C=O) groups is 1. The number of carbonyl (C=O) groups excluding carboxylic acids is 1. The monoisotopic (exact) mass is 412 g/mol. The van der Waals surface area contributed by atoms with Gasteiger partial charge in [-0.15, -0.1) is 10.2 Å². The first-order chi connectivity index (χ1) is 13.2. The highest BCUT2D eigenvalue weighted by Crippen LogP contribution is 2.49. The van der Waals surface area contributed by atoms with Crippen molar-refractivity contribution in [1.29, 1.82) is 0 Å². The van der Waals surface area contributed by atoms with E-state index in [4.69, 9.17) is 0 Å². The Labute approximate surface area is 165 Å². The number of halogens is 3. The number of aromatic nitrogens is 3. The molecule has 2 fully saturated rings. The summed E-state index contributed by atoms with van der Waals surface area (Å²) in [5, 5.41) is 10.8. The molecule has 1 amide bonds. The van der Waals surface area contributed by atoms with Gasteiger partial charge in [0.15, 0.2) is 10.8 Å². The van der Waals surface area contributed by atoms with Crippen molar-refractivity contribution >= 4 is 23.3 Å². The Morgan fingerprint density at radius 1 is 1.25 bits per heavy atom. The van der Waals surface area contributed by atoms with Crippen molar-refractivity contribution in [3.63, 3.8) is 0 Å². The van der Waals surface area contributed by atoms with Crippen molar-refractivity contribution in [2.24, 2.45) is 17.8 Å². The molecule has 0 aliphatic heterocycles. The fraction of sp³-hybridized carbons (Fsp3) is 0.632. The zero-order chi connectivity index (χ0) is 20.1. The van der Waals surface area contributed by atoms with Crippen LogP contribution in [0.4, 0.5) is 13.2 Å². The quantitative estimate of drug-likeness (QED) is 0.749. The number of fused-ring (bicyclic) bond motifs is 3. The number of nitrogens with zero attached hydrogens (tertiary/aromatic N) is 3. The Morgan fingerprint density at radius 2 is 2.04 bits per heavy atom. The summed E-state index contributed by atoms with van der Waals surface area (Å²) >= 11 is 1.12. The third-order valence-electron chi connectivity index (χ3n) is 6.15. The van der Waals surface area contributed by atoms with Crippen LogP contribution in [0.2, 0.25) is 0 Å². The third kappa shape index (κ3) is 3.73. The Hall–Kier alpha value is -1.77. The van der Waals surface area contributed by atoms with Gasteiger partial charge in [-0.25, -0.2) is 0 Å². The van der Waals surface area contributed by atoms with Crippen LogP contribution in [0.1, 0.15) is 45.1 Å². The van der Waals surface area contributed by atoms with E-state index in [9.17, 15) is 18.0 Å². The second kappa shape index (κ2) is 7.24. The minimum atomic E-state index is -4.44. The van der Waals surface area contributed by atoms with E-state index in [-0.39, 0.29) is 17.1 Å². The van der Waals surface area contributed by atoms with E-state index in [1.807, 2.05) is 0 Å². The van der Waals surface area contributed by atoms with E-state index in [2.05, 4.69) is 22.4 Å². The van der Waals surface area contributed by atoms with Gasteiger partial charge in [0.25, 0.3) is 0 Å². The van der Waals surface area contributed by atoms with E-state index in [1.54, 1.807) is 6.92 Å². The molecular weight excluding hydrogens is 389 g/mol. The molecule has 0 aromatic carbocycles. The van der Waals surface area contributed by atoms with Gasteiger partial charge >= 0.3 is 6.18 Å². The van der Waals surface area contributed by atoms with E-state index < -0.39 is 17.0 Å². The molecule has 9 heteroatoms. The lowest BCUT2D eigenvalue weighted by Gasteiger charge is -2.29. The maximum atomic E-state index is 13.0. The van der Waals surface area contributed by atoms with Gasteiger partial charge in [-0.1, -0.05) is 18.2 Å². The Balaban J connectivity index is 1.42. The summed E-state index contributed by atoms with van der Waals surface area (Å²) in [5.74, 6) is 1.93. The summed E-state index contributed by atoms with van der Waals surface area (Å²) in [6, 6.07) is 2.37. The molecule has 0 spiro atoms. The minimum Gasteiger partial charge on any atom is -0.352 e. The van der Waals surface area contributed by atoms with Crippen LogP contribution in [-0.4, -0.2) is 31.8 Å². The number of thioether (sulfide) groups is 1. The van der Waals surface area contributed by atoms with Crippen LogP contribution in [0.5, 0.6) is 0 Å². The summed E-state index contributed by atoms with van der Waals surface area (Å²) in [5.41, 5.74) is -0.456. The lowest BCUT2D eigenvalue weighted by atomic mass is 9.84. The van der Waals surface area contributed by atoms with Gasteiger partial charge in [0.2, 0.25) is 5.91 Å². The fourth-order valence-corrected chi connectivity index (χ4v) is 5.52. The molecule has 2 aromatic rings. The number of nitrogens with one attached hydrogen (secondary N) is 1. The zero-order valence-corrected chi connectivity index (χ0v) is 16.6. The van der Waals surface area contributed by atoms with Gasteiger partial charge < -0.3 is 5.32 Å². The predicted molar refractivity (Wildman–Crippen MR) is 99.9 cm³/mol. The van der Waals surface area contributed by atoms with E-state index >= 15 is 0 Å². The summed E-state index contributed by atoms with van der Waals surface area (Å²) in [7, 11) is 0. The maximum Gasteiger partial charge on any atom is 0.417 e. The highest BCUT2D eigenvalue weighted by Gasteiger charge is 2.42. The van der Waals surface area contributed by atoms with Crippen molar-refractivity contribution in [1.82, 2.24) is 19.9 Å². The molecular formula is C19H23F3N4OS. The molecule has 2 saturated carbocycles. The minimum absolute atomic E-state index is 0.109. The second-order valence-electron chi connectivity index (χ2n) is 8.02. The first-order valence-corrected chi connectivity index (χ1v) is 10.5. The second-order valence-corrected chi connectivity index (χ2v) is 9.33. The number of hydrogen-bond donors (Lipinski definition) is 1. The van der Waals surface area contributed by atoms with Crippen molar-refractivity contribution < 1.29 is 18.0 Å². The maximum absolute atomic E-state index is 13.0. The van der Waals surface area contributed by atoms with Gasteiger partial charge in [0.05, 0.1) is 10.8 Å². The van der Waals surface area contributed by atoms with Crippen LogP contribution in [0.3, 0.4) is 0 Å². The van der Waals surface area contributed by atoms with Gasteiger partial charge in [-0.3, -0.25) is 9.20 Å². The van der Waals surface area contributed by atoms with Crippen LogP contribution in [0, 0.1) is 17.8 Å². The number of rotatable bonds is 5. The number of hydrogen-bond acceptors (Lipinski definition) is 4. The number of alkyl halides is 3. The van der Waals surface area contributed by atoms with Crippen LogP contribution < -0.4 is 5.32 Å². The van der Waals surface area contributed by atoms with E-state index in [0.717, 1.165) is 29.9 Å². The summed E-state index contributed by atoms with van der Waals surface area (Å²) < 4.78 is 40.2. The summed E-state index contributed by atoms with van der Waals surface area (Å²) in [4.78, 5) is 12.6. The van der Waals surface area contributed by atoms with Crippen molar-refractivity contribution in [2.45, 2.75) is 62.2 Å². The lowest BCUT2D eigenvalue weighted by Crippen LogP contribution is -2.43. The molecule has 5 nitrogen and oxygen atoms in total. The van der Waals surface area contributed by atoms with Gasteiger partial charge in [-0.2, -0.15) is 13.2 Å². The number of amides is 1. The molecule has 152 valence electrons. The lowest BCUT2D eigenvalue weighted by molar-refractivity contribution is -0.137. The molecule has 28 heavy (non-hydrogen) atoms. The average Bonchev–Trinajstić information content (AvgIpc) is 3.36. The third-order valence-corrected chi connectivity index (χ3v) is 7.21. The van der Waals surface area contributed by atoms with E-state index in [1.165, 1.54) is 36.2 Å². The summed E-state index contributed by atoms with van der Waals surface area (Å²) in [6.07, 6.45) is 1.56. The number of pyridine rings is 1. The molecule has 0 unspecified atom stereocenters. The molecule has 2 aliphatic rings. The topological polar surface area (TPSA) is 59.3 Å². The highest BCUT2D eigenvalue weighted by atomic mass is 32.2. The molecule has 0 radical (unpaired) electrons. The predicted octanol–water partition coefficient (Wildman–Crippen LogP) is 4.17. The molecule has 5 atom stereocenters. The highest BCUT2D eigenvalue weighted by molar-refractivity contribution is 8.00. The molecule has 2 bridgehead atoms. The largest absolute Gasteiger partial charge is 0.417 e. The Bertz CT molecular complexity index is 884. The smallest absolute Gasteiger partial charge is 0.352 e. The van der Waals surface area contributed by atoms with Gasteiger partial charge in [-0.05, 0) is 63.0 Å². The fourth-order valence-electron chi connectivity index (χ4n) is 4.68. The normalized spacial score (nSPS) is 26.5. The van der Waals surface area contributed by atoms with Crippen LogP contribution in [0.25, 0.3) is 5.65 Å². The first kappa shape index (κ1) is 19.5. The van der Waals surface area contributed by atoms with E-state index in [0.29, 0.717) is 17.5 Å². The van der Waals surface area contributed by atoms with Crippen molar-refractivity contribution in [2.75, 3.05) is 0 Å². The molecule has 1 N–H and O–H groups in total. The van der Waals surface area contributed by atoms with Crippen LogP contribution in [0.15, 0.2) is 23.5 Å². The zero-order valence-electron chi connectivity index (χ0n) is 15.7. The first-order valence-electron chi connectivity index (χ1n) is 9.61. The van der Waals surface area contributed by atoms with Crippen molar-refractivity contribution in [3.8, 4) is 0 Å². The standard InChI is InChI=1S/C19H23F3N4OS/c1-10(15-8-12-3-4-13(15)7-12)23-17(27)11(2)28-18-25-24-16-6-5-14(9-26(16)18)19(20,21)22/h5-6,9-13,15H,3-4,7-8H2,1-2H3,(H,23,27)/t10-,11-,12-,13-,15+/m0/s1.